The van der Waals surface area contributed by atoms with E-state index in [2.05, 4.69) is 20.5 Å². The number of aliphatic hydroxyl groups is 1. The lowest BCUT2D eigenvalue weighted by Crippen LogP contribution is -2.10. The molecule has 1 aromatic carbocycles. The number of rotatable bonds is 5. The summed E-state index contributed by atoms with van der Waals surface area (Å²) >= 11 is 1.57. The molecule has 0 bridgehead atoms. The van der Waals surface area contributed by atoms with Crippen molar-refractivity contribution in [3.05, 3.63) is 47.8 Å². The smallest absolute Gasteiger partial charge is 0.193 e. The van der Waals surface area contributed by atoms with Crippen molar-refractivity contribution in [3.8, 4) is 22.0 Å². The van der Waals surface area contributed by atoms with Crippen LogP contribution >= 0.6 is 11.3 Å². The van der Waals surface area contributed by atoms with E-state index >= 15 is 0 Å². The van der Waals surface area contributed by atoms with Crippen LogP contribution in [0.1, 0.15) is 0 Å². The Morgan fingerprint density at radius 1 is 1.05 bits per heavy atom. The van der Waals surface area contributed by atoms with Crippen LogP contribution < -0.4 is 5.32 Å². The predicted octanol–water partition coefficient (Wildman–Crippen LogP) is 2.67. The molecule has 3 rings (SSSR count). The third-order valence-electron chi connectivity index (χ3n) is 2.88. The summed E-state index contributed by atoms with van der Waals surface area (Å²) in [6.45, 7) is 0.453. The average molecular weight is 298 g/mol. The maximum atomic E-state index is 9.02. The molecule has 2 heterocycles. The molecular weight excluding hydrogens is 284 g/mol. The fraction of sp³-hybridized carbons (Fsp3) is 0.133. The van der Waals surface area contributed by atoms with E-state index in [0.717, 1.165) is 10.4 Å². The summed E-state index contributed by atoms with van der Waals surface area (Å²) in [7, 11) is 0. The van der Waals surface area contributed by atoms with Crippen molar-refractivity contribution in [2.45, 2.75) is 0 Å². The average Bonchev–Trinajstić information content (AvgIpc) is 3.08. The molecule has 0 fully saturated rings. The van der Waals surface area contributed by atoms with Crippen LogP contribution in [0.4, 0.5) is 5.82 Å². The molecule has 0 radical (unpaired) electrons. The topological polar surface area (TPSA) is 70.9 Å². The highest BCUT2D eigenvalue weighted by molar-refractivity contribution is 7.13. The van der Waals surface area contributed by atoms with E-state index in [1.807, 2.05) is 47.8 Å². The molecule has 0 aliphatic heterocycles. The van der Waals surface area contributed by atoms with E-state index in [1.54, 1.807) is 11.3 Å². The Hall–Kier alpha value is -2.31. The first-order valence-electron chi connectivity index (χ1n) is 6.57. The van der Waals surface area contributed by atoms with Gasteiger partial charge in [0.1, 0.15) is 5.69 Å². The summed E-state index contributed by atoms with van der Waals surface area (Å²) in [5, 5.41) is 22.6. The van der Waals surface area contributed by atoms with Gasteiger partial charge in [0.05, 0.1) is 11.5 Å². The Bertz CT molecular complexity index is 701. The van der Waals surface area contributed by atoms with Crippen molar-refractivity contribution in [2.24, 2.45) is 0 Å². The molecule has 0 saturated carbocycles. The van der Waals surface area contributed by atoms with Crippen LogP contribution in [0.2, 0.25) is 0 Å². The fourth-order valence-corrected chi connectivity index (χ4v) is 2.58. The number of aliphatic hydroxyl groups excluding tert-OH is 1. The van der Waals surface area contributed by atoms with Crippen molar-refractivity contribution in [2.75, 3.05) is 18.5 Å². The molecular formula is C15H14N4OS. The Morgan fingerprint density at radius 2 is 1.90 bits per heavy atom. The second-order valence-corrected chi connectivity index (χ2v) is 5.27. The molecule has 0 unspecified atom stereocenters. The van der Waals surface area contributed by atoms with Gasteiger partial charge in [0.2, 0.25) is 0 Å². The highest BCUT2D eigenvalue weighted by atomic mass is 32.1. The maximum absolute atomic E-state index is 9.02. The molecule has 21 heavy (non-hydrogen) atoms. The molecule has 106 valence electrons. The molecule has 6 heteroatoms. The molecule has 3 aromatic rings. The van der Waals surface area contributed by atoms with Crippen molar-refractivity contribution in [1.29, 1.82) is 0 Å². The van der Waals surface area contributed by atoms with Crippen LogP contribution in [0.25, 0.3) is 22.0 Å². The van der Waals surface area contributed by atoms with E-state index in [0.29, 0.717) is 23.9 Å². The van der Waals surface area contributed by atoms with Gasteiger partial charge in [0.25, 0.3) is 0 Å². The normalized spacial score (nSPS) is 10.5. The SMILES string of the molecule is OCCNc1nc(-c2cccs2)nnc1-c1ccccc1. The zero-order chi connectivity index (χ0) is 14.5. The van der Waals surface area contributed by atoms with Gasteiger partial charge < -0.3 is 10.4 Å². The van der Waals surface area contributed by atoms with Crippen LogP contribution in [0, 0.1) is 0 Å². The summed E-state index contributed by atoms with van der Waals surface area (Å²) < 4.78 is 0. The molecule has 2 aromatic heterocycles. The number of nitrogens with zero attached hydrogens (tertiary/aromatic N) is 3. The number of nitrogens with one attached hydrogen (secondary N) is 1. The minimum atomic E-state index is 0.0343. The van der Waals surface area contributed by atoms with E-state index < -0.39 is 0 Å². The maximum Gasteiger partial charge on any atom is 0.193 e. The first-order valence-corrected chi connectivity index (χ1v) is 7.45. The van der Waals surface area contributed by atoms with Gasteiger partial charge in [-0.25, -0.2) is 4.98 Å². The minimum Gasteiger partial charge on any atom is -0.395 e. The quantitative estimate of drug-likeness (QED) is 0.758. The minimum absolute atomic E-state index is 0.0343. The zero-order valence-electron chi connectivity index (χ0n) is 11.2. The monoisotopic (exact) mass is 298 g/mol. The number of aromatic nitrogens is 3. The lowest BCUT2D eigenvalue weighted by Gasteiger charge is -2.09. The summed E-state index contributed by atoms with van der Waals surface area (Å²) in [4.78, 5) is 5.51. The van der Waals surface area contributed by atoms with Gasteiger partial charge in [-0.1, -0.05) is 36.4 Å². The third-order valence-corrected chi connectivity index (χ3v) is 3.75. The predicted molar refractivity (Wildman–Crippen MR) is 84.2 cm³/mol. The van der Waals surface area contributed by atoms with E-state index in [9.17, 15) is 0 Å². The highest BCUT2D eigenvalue weighted by Crippen LogP contribution is 2.27. The lowest BCUT2D eigenvalue weighted by molar-refractivity contribution is 0.311. The molecule has 2 N–H and O–H groups in total. The van der Waals surface area contributed by atoms with Crippen molar-refractivity contribution >= 4 is 17.2 Å². The van der Waals surface area contributed by atoms with Gasteiger partial charge in [0, 0.05) is 12.1 Å². The highest BCUT2D eigenvalue weighted by Gasteiger charge is 2.12. The number of hydrogen-bond donors (Lipinski definition) is 2. The Labute approximate surface area is 126 Å². The van der Waals surface area contributed by atoms with E-state index in [4.69, 9.17) is 5.11 Å². The molecule has 0 atom stereocenters. The van der Waals surface area contributed by atoms with Gasteiger partial charge >= 0.3 is 0 Å². The second kappa shape index (κ2) is 6.43. The van der Waals surface area contributed by atoms with Crippen LogP contribution in [0.5, 0.6) is 0 Å². The first-order chi connectivity index (χ1) is 10.4. The fourth-order valence-electron chi connectivity index (χ4n) is 1.92. The van der Waals surface area contributed by atoms with Gasteiger partial charge in [-0.2, -0.15) is 0 Å². The van der Waals surface area contributed by atoms with E-state index in [1.165, 1.54) is 0 Å². The molecule has 0 aliphatic carbocycles. The summed E-state index contributed by atoms with van der Waals surface area (Å²) in [5.74, 6) is 1.22. The number of anilines is 1. The van der Waals surface area contributed by atoms with Crippen molar-refractivity contribution in [1.82, 2.24) is 15.2 Å². The second-order valence-electron chi connectivity index (χ2n) is 4.33. The largest absolute Gasteiger partial charge is 0.395 e. The summed E-state index contributed by atoms with van der Waals surface area (Å²) in [6.07, 6.45) is 0. The molecule has 0 spiro atoms. The molecule has 0 amide bonds. The van der Waals surface area contributed by atoms with Crippen molar-refractivity contribution in [3.63, 3.8) is 0 Å². The Kier molecular flexibility index (Phi) is 4.18. The number of benzene rings is 1. The van der Waals surface area contributed by atoms with Gasteiger partial charge in [-0.05, 0) is 11.4 Å². The number of thiophene rings is 1. The third kappa shape index (κ3) is 3.07. The molecule has 5 nitrogen and oxygen atoms in total. The molecule has 0 aliphatic rings. The van der Waals surface area contributed by atoms with Gasteiger partial charge in [0.15, 0.2) is 11.6 Å². The van der Waals surface area contributed by atoms with Crippen LogP contribution in [0.3, 0.4) is 0 Å². The van der Waals surface area contributed by atoms with Crippen LogP contribution in [-0.2, 0) is 0 Å². The van der Waals surface area contributed by atoms with Gasteiger partial charge in [-0.15, -0.1) is 21.5 Å². The summed E-state index contributed by atoms with van der Waals surface area (Å²) in [6, 6.07) is 13.7. The standard InChI is InChI=1S/C15H14N4OS/c20-9-8-16-15-13(11-5-2-1-3-6-11)18-19-14(17-15)12-7-4-10-21-12/h1-7,10,20H,8-9H2,(H,16,17,19). The number of hydrogen-bond acceptors (Lipinski definition) is 6. The lowest BCUT2D eigenvalue weighted by atomic mass is 10.1. The van der Waals surface area contributed by atoms with Crippen LogP contribution in [0.15, 0.2) is 47.8 Å². The van der Waals surface area contributed by atoms with Crippen molar-refractivity contribution < 1.29 is 5.11 Å². The molecule has 0 saturated heterocycles. The summed E-state index contributed by atoms with van der Waals surface area (Å²) in [5.41, 5.74) is 1.63. The van der Waals surface area contributed by atoms with Crippen LogP contribution in [-0.4, -0.2) is 33.4 Å². The van der Waals surface area contributed by atoms with Gasteiger partial charge in [-0.3, -0.25) is 0 Å². The zero-order valence-corrected chi connectivity index (χ0v) is 12.0. The Morgan fingerprint density at radius 3 is 2.62 bits per heavy atom. The Balaban J connectivity index is 2.03. The van der Waals surface area contributed by atoms with E-state index in [-0.39, 0.29) is 6.61 Å². The first kappa shape index (κ1) is 13.7.